The summed E-state index contributed by atoms with van der Waals surface area (Å²) >= 11 is 0. The quantitative estimate of drug-likeness (QED) is 0.635. The van der Waals surface area contributed by atoms with E-state index in [-0.39, 0.29) is 0 Å². The number of hydrogen-bond donors (Lipinski definition) is 0. The van der Waals surface area contributed by atoms with Crippen molar-refractivity contribution < 1.29 is 4.79 Å². The predicted molar refractivity (Wildman–Crippen MR) is 55.4 cm³/mol. The van der Waals surface area contributed by atoms with E-state index in [1.165, 1.54) is 11.1 Å². The fourth-order valence-electron chi connectivity index (χ4n) is 2.17. The van der Waals surface area contributed by atoms with E-state index >= 15 is 0 Å². The molecule has 1 aromatic heterocycles. The zero-order chi connectivity index (χ0) is 10.2. The van der Waals surface area contributed by atoms with E-state index in [0.29, 0.717) is 5.41 Å². The number of fused-ring (bicyclic) bond motifs is 1. The van der Waals surface area contributed by atoms with Crippen LogP contribution in [0.2, 0.25) is 0 Å². The van der Waals surface area contributed by atoms with Crippen LogP contribution in [0.15, 0.2) is 12.4 Å². The lowest BCUT2D eigenvalue weighted by molar-refractivity contribution is 0.112. The predicted octanol–water partition coefficient (Wildman–Crippen LogP) is 2.41. The van der Waals surface area contributed by atoms with Crippen LogP contribution in [0.5, 0.6) is 0 Å². The van der Waals surface area contributed by atoms with Crippen molar-refractivity contribution in [1.29, 1.82) is 0 Å². The average Bonchev–Trinajstić information content (AvgIpc) is 2.15. The molecule has 1 aliphatic rings. The highest BCUT2D eigenvalue weighted by atomic mass is 16.1. The van der Waals surface area contributed by atoms with Crippen molar-refractivity contribution in [3.05, 3.63) is 29.1 Å². The van der Waals surface area contributed by atoms with Gasteiger partial charge < -0.3 is 0 Å². The molecule has 2 nitrogen and oxygen atoms in total. The minimum absolute atomic E-state index is 0.357. The summed E-state index contributed by atoms with van der Waals surface area (Å²) in [6, 6.07) is 0. The van der Waals surface area contributed by atoms with Gasteiger partial charge >= 0.3 is 0 Å². The van der Waals surface area contributed by atoms with E-state index in [0.717, 1.165) is 31.1 Å². The molecule has 1 aliphatic carbocycles. The highest BCUT2D eigenvalue weighted by molar-refractivity contribution is 5.77. The third-order valence-corrected chi connectivity index (χ3v) is 3.03. The maximum atomic E-state index is 10.8. The lowest BCUT2D eigenvalue weighted by Gasteiger charge is -2.31. The van der Waals surface area contributed by atoms with E-state index in [9.17, 15) is 4.79 Å². The van der Waals surface area contributed by atoms with Crippen molar-refractivity contribution in [2.45, 2.75) is 33.1 Å². The molecule has 0 spiro atoms. The van der Waals surface area contributed by atoms with Crippen LogP contribution in [0.25, 0.3) is 0 Å². The fourth-order valence-corrected chi connectivity index (χ4v) is 2.17. The maximum Gasteiger partial charge on any atom is 0.151 e. The first-order chi connectivity index (χ1) is 6.62. The zero-order valence-electron chi connectivity index (χ0n) is 8.71. The number of nitrogens with zero attached hydrogens (tertiary/aromatic N) is 1. The van der Waals surface area contributed by atoms with Crippen molar-refractivity contribution in [3.8, 4) is 0 Å². The summed E-state index contributed by atoms with van der Waals surface area (Å²) in [7, 11) is 0. The fraction of sp³-hybridized carbons (Fsp3) is 0.500. The number of aldehydes is 1. The van der Waals surface area contributed by atoms with Crippen molar-refractivity contribution in [2.75, 3.05) is 0 Å². The first kappa shape index (κ1) is 9.38. The van der Waals surface area contributed by atoms with Crippen LogP contribution >= 0.6 is 0 Å². The number of carbonyl (C=O) groups excluding carboxylic acids is 1. The summed E-state index contributed by atoms with van der Waals surface area (Å²) in [4.78, 5) is 14.9. The highest BCUT2D eigenvalue weighted by Crippen LogP contribution is 2.35. The molecule has 0 fully saturated rings. The molecule has 0 bridgehead atoms. The minimum Gasteiger partial charge on any atom is -0.298 e. The maximum absolute atomic E-state index is 10.8. The molecule has 0 aromatic carbocycles. The molecule has 2 heteroatoms. The first-order valence-corrected chi connectivity index (χ1v) is 5.03. The Morgan fingerprint density at radius 1 is 1.43 bits per heavy atom. The van der Waals surface area contributed by atoms with Gasteiger partial charge in [0, 0.05) is 18.0 Å². The molecule has 14 heavy (non-hydrogen) atoms. The number of carbonyl (C=O) groups is 1. The SMILES string of the molecule is CC1(C)CCc2c(C=O)cncc2C1. The Labute approximate surface area is 84.4 Å². The van der Waals surface area contributed by atoms with Gasteiger partial charge in [-0.15, -0.1) is 0 Å². The van der Waals surface area contributed by atoms with E-state index < -0.39 is 0 Å². The van der Waals surface area contributed by atoms with Gasteiger partial charge in [-0.05, 0) is 35.8 Å². The Hall–Kier alpha value is -1.18. The summed E-state index contributed by atoms with van der Waals surface area (Å²) in [5, 5.41) is 0. The Bertz CT molecular complexity index is 369. The molecule has 0 atom stereocenters. The molecule has 74 valence electrons. The monoisotopic (exact) mass is 189 g/mol. The molecule has 1 heterocycles. The van der Waals surface area contributed by atoms with Crippen LogP contribution < -0.4 is 0 Å². The molecule has 0 radical (unpaired) electrons. The number of rotatable bonds is 1. The Morgan fingerprint density at radius 2 is 2.21 bits per heavy atom. The molecule has 0 saturated carbocycles. The normalized spacial score (nSPS) is 18.7. The molecule has 0 unspecified atom stereocenters. The van der Waals surface area contributed by atoms with E-state index in [2.05, 4.69) is 18.8 Å². The number of aromatic nitrogens is 1. The molecule has 0 N–H and O–H groups in total. The van der Waals surface area contributed by atoms with Crippen molar-refractivity contribution in [3.63, 3.8) is 0 Å². The van der Waals surface area contributed by atoms with Gasteiger partial charge in [0.2, 0.25) is 0 Å². The summed E-state index contributed by atoms with van der Waals surface area (Å²) in [6.07, 6.45) is 7.71. The van der Waals surface area contributed by atoms with Crippen LogP contribution in [0.4, 0.5) is 0 Å². The third kappa shape index (κ3) is 1.57. The Balaban J connectivity index is 2.45. The van der Waals surface area contributed by atoms with E-state index in [1.54, 1.807) is 6.20 Å². The van der Waals surface area contributed by atoms with Gasteiger partial charge in [0.05, 0.1) is 0 Å². The van der Waals surface area contributed by atoms with Crippen molar-refractivity contribution in [2.24, 2.45) is 5.41 Å². The van der Waals surface area contributed by atoms with Gasteiger partial charge in [0.25, 0.3) is 0 Å². The standard InChI is InChI=1S/C12H15NO/c1-12(2)4-3-11-9(5-12)6-13-7-10(11)8-14/h6-8H,3-5H2,1-2H3. The van der Waals surface area contributed by atoms with Gasteiger partial charge in [0.1, 0.15) is 0 Å². The summed E-state index contributed by atoms with van der Waals surface area (Å²) in [5.74, 6) is 0. The van der Waals surface area contributed by atoms with Crippen LogP contribution in [0.3, 0.4) is 0 Å². The van der Waals surface area contributed by atoms with Gasteiger partial charge in [-0.1, -0.05) is 13.8 Å². The average molecular weight is 189 g/mol. The van der Waals surface area contributed by atoms with Crippen LogP contribution in [-0.2, 0) is 12.8 Å². The second-order valence-electron chi connectivity index (χ2n) is 4.83. The smallest absolute Gasteiger partial charge is 0.151 e. The second-order valence-corrected chi connectivity index (χ2v) is 4.83. The van der Waals surface area contributed by atoms with Gasteiger partial charge in [0.15, 0.2) is 6.29 Å². The lowest BCUT2D eigenvalue weighted by atomic mass is 9.74. The minimum atomic E-state index is 0.357. The summed E-state index contributed by atoms with van der Waals surface area (Å²) < 4.78 is 0. The molecule has 0 aliphatic heterocycles. The van der Waals surface area contributed by atoms with Crippen molar-refractivity contribution >= 4 is 6.29 Å². The van der Waals surface area contributed by atoms with Gasteiger partial charge in [-0.2, -0.15) is 0 Å². The second kappa shape index (κ2) is 3.19. The first-order valence-electron chi connectivity index (χ1n) is 5.03. The summed E-state index contributed by atoms with van der Waals surface area (Å²) in [6.45, 7) is 4.53. The third-order valence-electron chi connectivity index (χ3n) is 3.03. The molecule has 2 rings (SSSR count). The lowest BCUT2D eigenvalue weighted by Crippen LogP contribution is -2.23. The van der Waals surface area contributed by atoms with Gasteiger partial charge in [-0.3, -0.25) is 9.78 Å². The number of hydrogen-bond acceptors (Lipinski definition) is 2. The van der Waals surface area contributed by atoms with E-state index in [4.69, 9.17) is 0 Å². The molecule has 0 amide bonds. The van der Waals surface area contributed by atoms with Crippen LogP contribution in [-0.4, -0.2) is 11.3 Å². The molecular weight excluding hydrogens is 174 g/mol. The molecule has 1 aromatic rings. The summed E-state index contributed by atoms with van der Waals surface area (Å²) in [5.41, 5.74) is 3.61. The largest absolute Gasteiger partial charge is 0.298 e. The van der Waals surface area contributed by atoms with Crippen molar-refractivity contribution in [1.82, 2.24) is 4.98 Å². The van der Waals surface area contributed by atoms with Gasteiger partial charge in [-0.25, -0.2) is 0 Å². The number of pyridine rings is 1. The highest BCUT2D eigenvalue weighted by Gasteiger charge is 2.26. The van der Waals surface area contributed by atoms with Crippen LogP contribution in [0, 0.1) is 5.41 Å². The molecule has 0 saturated heterocycles. The van der Waals surface area contributed by atoms with E-state index in [1.807, 2.05) is 6.20 Å². The topological polar surface area (TPSA) is 30.0 Å². The van der Waals surface area contributed by atoms with Crippen LogP contribution in [0.1, 0.15) is 41.8 Å². The molecular formula is C12H15NO. The Kier molecular flexibility index (Phi) is 2.14. The zero-order valence-corrected chi connectivity index (χ0v) is 8.71. The Morgan fingerprint density at radius 3 is 2.93 bits per heavy atom.